The van der Waals surface area contributed by atoms with Crippen molar-refractivity contribution in [1.82, 2.24) is 10.3 Å². The van der Waals surface area contributed by atoms with Gasteiger partial charge in [-0.25, -0.2) is 5.84 Å². The van der Waals surface area contributed by atoms with E-state index in [1.807, 2.05) is 0 Å². The Labute approximate surface area is 97.3 Å². The van der Waals surface area contributed by atoms with Crippen LogP contribution in [0.15, 0.2) is 0 Å². The summed E-state index contributed by atoms with van der Waals surface area (Å²) in [6.45, 7) is 8.20. The fourth-order valence-electron chi connectivity index (χ4n) is 2.17. The van der Waals surface area contributed by atoms with Crippen molar-refractivity contribution >= 4 is 5.91 Å². The van der Waals surface area contributed by atoms with E-state index in [9.17, 15) is 4.79 Å². The van der Waals surface area contributed by atoms with E-state index in [4.69, 9.17) is 10.6 Å². The Morgan fingerprint density at radius 3 is 2.56 bits per heavy atom. The standard InChI is InChI=1S/C11H23N3O2/c1-8(4-5-11(15)13-12)14-6-9(2)16-10(3)7-14/h8-10H,4-7,12H2,1-3H3,(H,13,15). The van der Waals surface area contributed by atoms with Crippen LogP contribution in [0.25, 0.3) is 0 Å². The zero-order chi connectivity index (χ0) is 12.1. The van der Waals surface area contributed by atoms with Crippen LogP contribution in [0.3, 0.4) is 0 Å². The first-order valence-electron chi connectivity index (χ1n) is 5.92. The summed E-state index contributed by atoms with van der Waals surface area (Å²) < 4.78 is 5.67. The molecular formula is C11H23N3O2. The number of morpholine rings is 1. The van der Waals surface area contributed by atoms with E-state index in [1.54, 1.807) is 0 Å². The van der Waals surface area contributed by atoms with Crippen molar-refractivity contribution in [1.29, 1.82) is 0 Å². The smallest absolute Gasteiger partial charge is 0.233 e. The maximum absolute atomic E-state index is 11.0. The molecule has 0 aromatic rings. The highest BCUT2D eigenvalue weighted by Gasteiger charge is 2.25. The molecule has 1 saturated heterocycles. The van der Waals surface area contributed by atoms with Gasteiger partial charge in [-0.2, -0.15) is 0 Å². The van der Waals surface area contributed by atoms with Gasteiger partial charge in [0.25, 0.3) is 0 Å². The fourth-order valence-corrected chi connectivity index (χ4v) is 2.17. The summed E-state index contributed by atoms with van der Waals surface area (Å²) in [4.78, 5) is 13.4. The summed E-state index contributed by atoms with van der Waals surface area (Å²) in [6, 6.07) is 0.395. The van der Waals surface area contributed by atoms with E-state index in [1.165, 1.54) is 0 Å². The van der Waals surface area contributed by atoms with Crippen LogP contribution in [0.4, 0.5) is 0 Å². The van der Waals surface area contributed by atoms with Crippen LogP contribution in [0.2, 0.25) is 0 Å². The van der Waals surface area contributed by atoms with E-state index in [0.29, 0.717) is 12.5 Å². The molecule has 1 heterocycles. The summed E-state index contributed by atoms with van der Waals surface area (Å²) in [5.41, 5.74) is 2.16. The minimum atomic E-state index is -0.0961. The number of hydrogen-bond acceptors (Lipinski definition) is 4. The third-order valence-electron chi connectivity index (χ3n) is 3.02. The topological polar surface area (TPSA) is 67.6 Å². The number of ether oxygens (including phenoxy) is 1. The molecule has 0 saturated carbocycles. The summed E-state index contributed by atoms with van der Waals surface area (Å²) in [6.07, 6.45) is 1.87. The number of nitrogens with two attached hydrogens (primary N) is 1. The van der Waals surface area contributed by atoms with Gasteiger partial charge in [0.2, 0.25) is 5.91 Å². The number of amides is 1. The normalized spacial score (nSPS) is 28.8. The lowest BCUT2D eigenvalue weighted by molar-refractivity contribution is -0.121. The minimum absolute atomic E-state index is 0.0961. The highest BCUT2D eigenvalue weighted by atomic mass is 16.5. The first-order chi connectivity index (χ1) is 7.52. The summed E-state index contributed by atoms with van der Waals surface area (Å²) in [5.74, 6) is 4.95. The zero-order valence-corrected chi connectivity index (χ0v) is 10.4. The van der Waals surface area contributed by atoms with Crippen LogP contribution in [0.5, 0.6) is 0 Å². The van der Waals surface area contributed by atoms with Crippen LogP contribution >= 0.6 is 0 Å². The molecule has 1 fully saturated rings. The lowest BCUT2D eigenvalue weighted by Gasteiger charge is -2.38. The summed E-state index contributed by atoms with van der Waals surface area (Å²) >= 11 is 0. The molecule has 0 radical (unpaired) electrons. The molecule has 5 heteroatoms. The molecular weight excluding hydrogens is 206 g/mol. The number of rotatable bonds is 4. The molecule has 1 rings (SSSR count). The van der Waals surface area contributed by atoms with Crippen molar-refractivity contribution in [2.75, 3.05) is 13.1 Å². The van der Waals surface area contributed by atoms with Gasteiger partial charge in [0.05, 0.1) is 12.2 Å². The van der Waals surface area contributed by atoms with Crippen LogP contribution in [-0.4, -0.2) is 42.1 Å². The van der Waals surface area contributed by atoms with E-state index < -0.39 is 0 Å². The monoisotopic (exact) mass is 229 g/mol. The Hall–Kier alpha value is -0.650. The second-order valence-electron chi connectivity index (χ2n) is 4.67. The van der Waals surface area contributed by atoms with Crippen molar-refractivity contribution < 1.29 is 9.53 Å². The molecule has 0 aliphatic carbocycles. The van der Waals surface area contributed by atoms with Gasteiger partial charge in [-0.15, -0.1) is 0 Å². The van der Waals surface area contributed by atoms with E-state index in [2.05, 4.69) is 31.1 Å². The van der Waals surface area contributed by atoms with Gasteiger partial charge in [0, 0.05) is 25.6 Å². The van der Waals surface area contributed by atoms with Gasteiger partial charge in [-0.05, 0) is 27.2 Å². The predicted octanol–water partition coefficient (Wildman–Crippen LogP) is 0.254. The molecule has 0 aromatic heterocycles. The van der Waals surface area contributed by atoms with Gasteiger partial charge >= 0.3 is 0 Å². The third kappa shape index (κ3) is 4.08. The number of hydrazine groups is 1. The molecule has 1 aliphatic rings. The largest absolute Gasteiger partial charge is 0.373 e. The first-order valence-corrected chi connectivity index (χ1v) is 5.92. The molecule has 0 bridgehead atoms. The quantitative estimate of drug-likeness (QED) is 0.412. The molecule has 16 heavy (non-hydrogen) atoms. The zero-order valence-electron chi connectivity index (χ0n) is 10.4. The van der Waals surface area contributed by atoms with Gasteiger partial charge in [0.15, 0.2) is 0 Å². The van der Waals surface area contributed by atoms with Crippen molar-refractivity contribution in [2.24, 2.45) is 5.84 Å². The van der Waals surface area contributed by atoms with Crippen LogP contribution < -0.4 is 11.3 Å². The van der Waals surface area contributed by atoms with Crippen molar-refractivity contribution in [3.8, 4) is 0 Å². The van der Waals surface area contributed by atoms with Crippen molar-refractivity contribution in [3.05, 3.63) is 0 Å². The second kappa shape index (κ2) is 6.18. The summed E-state index contributed by atoms with van der Waals surface area (Å²) in [5, 5.41) is 0. The van der Waals surface area contributed by atoms with Crippen LogP contribution in [0, 0.1) is 0 Å². The van der Waals surface area contributed by atoms with Gasteiger partial charge in [-0.3, -0.25) is 15.1 Å². The van der Waals surface area contributed by atoms with Crippen LogP contribution in [0.1, 0.15) is 33.6 Å². The van der Waals surface area contributed by atoms with E-state index >= 15 is 0 Å². The molecule has 0 spiro atoms. The highest BCUT2D eigenvalue weighted by molar-refractivity contribution is 5.75. The van der Waals surface area contributed by atoms with Gasteiger partial charge in [-0.1, -0.05) is 0 Å². The molecule has 3 atom stereocenters. The van der Waals surface area contributed by atoms with E-state index in [-0.39, 0.29) is 18.1 Å². The molecule has 1 aliphatic heterocycles. The lowest BCUT2D eigenvalue weighted by atomic mass is 10.1. The number of carbonyl (C=O) groups is 1. The molecule has 0 aromatic carbocycles. The van der Waals surface area contributed by atoms with Crippen LogP contribution in [-0.2, 0) is 9.53 Å². The lowest BCUT2D eigenvalue weighted by Crippen LogP contribution is -2.49. The Morgan fingerprint density at radius 2 is 2.06 bits per heavy atom. The Balaban J connectivity index is 2.35. The number of nitrogens with zero attached hydrogens (tertiary/aromatic N) is 1. The minimum Gasteiger partial charge on any atom is -0.373 e. The first kappa shape index (κ1) is 13.4. The number of nitrogens with one attached hydrogen (secondary N) is 1. The average molecular weight is 229 g/mol. The highest BCUT2D eigenvalue weighted by Crippen LogP contribution is 2.15. The SMILES string of the molecule is CC1CN(C(C)CCC(=O)NN)CC(C)O1. The molecule has 3 unspecified atom stereocenters. The number of hydrogen-bond donors (Lipinski definition) is 2. The fraction of sp³-hybridized carbons (Fsp3) is 0.909. The van der Waals surface area contributed by atoms with Crippen molar-refractivity contribution in [2.45, 2.75) is 51.9 Å². The molecule has 1 amide bonds. The maximum atomic E-state index is 11.0. The van der Waals surface area contributed by atoms with Gasteiger partial charge < -0.3 is 4.74 Å². The molecule has 5 nitrogen and oxygen atoms in total. The Bertz CT molecular complexity index is 225. The Morgan fingerprint density at radius 1 is 1.50 bits per heavy atom. The third-order valence-corrected chi connectivity index (χ3v) is 3.02. The molecule has 3 N–H and O–H groups in total. The maximum Gasteiger partial charge on any atom is 0.233 e. The Kier molecular flexibility index (Phi) is 5.18. The molecule has 94 valence electrons. The number of carbonyl (C=O) groups excluding carboxylic acids is 1. The van der Waals surface area contributed by atoms with Gasteiger partial charge in [0.1, 0.15) is 0 Å². The van der Waals surface area contributed by atoms with E-state index in [0.717, 1.165) is 19.5 Å². The average Bonchev–Trinajstić information content (AvgIpc) is 2.23. The predicted molar refractivity (Wildman–Crippen MR) is 62.6 cm³/mol. The van der Waals surface area contributed by atoms with Crippen molar-refractivity contribution in [3.63, 3.8) is 0 Å². The second-order valence-corrected chi connectivity index (χ2v) is 4.67. The summed E-state index contributed by atoms with van der Waals surface area (Å²) in [7, 11) is 0.